The molecule has 0 aliphatic heterocycles. The summed E-state index contributed by atoms with van der Waals surface area (Å²) in [5.74, 6) is 0. The molecule has 17 heavy (non-hydrogen) atoms. The van der Waals surface area contributed by atoms with Gasteiger partial charge in [0.15, 0.2) is 0 Å². The number of benzene rings is 1. The third-order valence-electron chi connectivity index (χ3n) is 3.04. The Bertz CT molecular complexity index is 447. The summed E-state index contributed by atoms with van der Waals surface area (Å²) >= 11 is 0. The second-order valence-corrected chi connectivity index (χ2v) is 5.50. The van der Waals surface area contributed by atoms with E-state index in [2.05, 4.69) is 54.6 Å². The zero-order valence-electron chi connectivity index (χ0n) is 10.9. The van der Waals surface area contributed by atoms with Crippen LogP contribution < -0.4 is 0 Å². The minimum Gasteiger partial charge on any atom is -0.337 e. The quantitative estimate of drug-likeness (QED) is 0.787. The molecule has 2 aromatic rings. The van der Waals surface area contributed by atoms with Gasteiger partial charge in [0, 0.05) is 18.9 Å². The molecule has 1 heterocycles. The Balaban J connectivity index is 1.99. The average molecular weight is 228 g/mol. The van der Waals surface area contributed by atoms with Gasteiger partial charge in [-0.25, -0.2) is 4.98 Å². The van der Waals surface area contributed by atoms with Gasteiger partial charge in [0.1, 0.15) is 0 Å². The summed E-state index contributed by atoms with van der Waals surface area (Å²) in [6.45, 7) is 7.73. The van der Waals surface area contributed by atoms with Gasteiger partial charge < -0.3 is 4.57 Å². The van der Waals surface area contributed by atoms with E-state index in [1.165, 1.54) is 11.1 Å². The lowest BCUT2D eigenvalue weighted by molar-refractivity contribution is 0.589. The van der Waals surface area contributed by atoms with E-state index in [0.717, 1.165) is 13.0 Å². The van der Waals surface area contributed by atoms with E-state index in [1.54, 1.807) is 0 Å². The highest BCUT2D eigenvalue weighted by atomic mass is 15.0. The molecule has 0 saturated heterocycles. The van der Waals surface area contributed by atoms with Crippen molar-refractivity contribution in [1.29, 1.82) is 0 Å². The molecule has 0 fully saturated rings. The number of hydrogen-bond donors (Lipinski definition) is 0. The van der Waals surface area contributed by atoms with Gasteiger partial charge >= 0.3 is 0 Å². The van der Waals surface area contributed by atoms with E-state index in [9.17, 15) is 0 Å². The molecule has 1 aromatic carbocycles. The Morgan fingerprint density at radius 2 is 1.82 bits per heavy atom. The Morgan fingerprint density at radius 1 is 1.12 bits per heavy atom. The van der Waals surface area contributed by atoms with Gasteiger partial charge in [0.25, 0.3) is 0 Å². The van der Waals surface area contributed by atoms with Crippen LogP contribution in [-0.2, 0) is 18.4 Å². The van der Waals surface area contributed by atoms with Gasteiger partial charge in [0.2, 0.25) is 0 Å². The lowest BCUT2D eigenvalue weighted by Gasteiger charge is -2.19. The SMILES string of the molecule is CC(C)(C)c1ccc(CCn2ccnc2)cc1. The molecule has 0 N–H and O–H groups in total. The molecular weight excluding hydrogens is 208 g/mol. The summed E-state index contributed by atoms with van der Waals surface area (Å²) in [6.07, 6.45) is 6.75. The molecule has 0 aliphatic rings. The average Bonchev–Trinajstić information content (AvgIpc) is 2.78. The Labute approximate surface area is 103 Å². The lowest BCUT2D eigenvalue weighted by Crippen LogP contribution is -2.10. The highest BCUT2D eigenvalue weighted by Crippen LogP contribution is 2.22. The Morgan fingerprint density at radius 3 is 2.35 bits per heavy atom. The van der Waals surface area contributed by atoms with Crippen molar-refractivity contribution in [3.05, 3.63) is 54.1 Å². The van der Waals surface area contributed by atoms with Crippen molar-refractivity contribution in [2.75, 3.05) is 0 Å². The van der Waals surface area contributed by atoms with Crippen molar-refractivity contribution < 1.29 is 0 Å². The van der Waals surface area contributed by atoms with Gasteiger partial charge in [-0.15, -0.1) is 0 Å². The molecule has 0 aliphatic carbocycles. The molecule has 0 saturated carbocycles. The molecule has 2 nitrogen and oxygen atoms in total. The molecular formula is C15H20N2. The molecule has 0 bridgehead atoms. The first-order valence-corrected chi connectivity index (χ1v) is 6.11. The number of nitrogens with zero attached hydrogens (tertiary/aromatic N) is 2. The summed E-state index contributed by atoms with van der Waals surface area (Å²) in [4.78, 5) is 4.04. The number of rotatable bonds is 3. The predicted molar refractivity (Wildman–Crippen MR) is 71.1 cm³/mol. The highest BCUT2D eigenvalue weighted by molar-refractivity contribution is 5.27. The summed E-state index contributed by atoms with van der Waals surface area (Å²) in [5, 5.41) is 0. The number of aryl methyl sites for hydroxylation is 2. The first kappa shape index (κ1) is 11.9. The van der Waals surface area contributed by atoms with E-state index >= 15 is 0 Å². The fourth-order valence-corrected chi connectivity index (χ4v) is 1.85. The van der Waals surface area contributed by atoms with E-state index in [-0.39, 0.29) is 5.41 Å². The maximum absolute atomic E-state index is 4.04. The fraction of sp³-hybridized carbons (Fsp3) is 0.400. The number of imidazole rings is 1. The molecule has 0 radical (unpaired) electrons. The summed E-state index contributed by atoms with van der Waals surface area (Å²) in [7, 11) is 0. The van der Waals surface area contributed by atoms with E-state index in [0.29, 0.717) is 0 Å². The van der Waals surface area contributed by atoms with Gasteiger partial charge in [-0.1, -0.05) is 45.0 Å². The van der Waals surface area contributed by atoms with Crippen LogP contribution in [-0.4, -0.2) is 9.55 Å². The standard InChI is InChI=1S/C15H20N2/c1-15(2,3)14-6-4-13(5-7-14)8-10-17-11-9-16-12-17/h4-7,9,11-12H,8,10H2,1-3H3. The number of aromatic nitrogens is 2. The van der Waals surface area contributed by atoms with Gasteiger partial charge in [0.05, 0.1) is 6.33 Å². The van der Waals surface area contributed by atoms with Crippen LogP contribution in [0.3, 0.4) is 0 Å². The zero-order valence-corrected chi connectivity index (χ0v) is 10.9. The van der Waals surface area contributed by atoms with Crippen LogP contribution in [0, 0.1) is 0 Å². The third kappa shape index (κ3) is 3.19. The summed E-state index contributed by atoms with van der Waals surface area (Å²) in [6, 6.07) is 8.95. The van der Waals surface area contributed by atoms with Crippen molar-refractivity contribution in [2.45, 2.75) is 39.2 Å². The Kier molecular flexibility index (Phi) is 3.32. The minimum absolute atomic E-state index is 0.239. The summed E-state index contributed by atoms with van der Waals surface area (Å²) in [5.41, 5.74) is 3.01. The minimum atomic E-state index is 0.239. The lowest BCUT2D eigenvalue weighted by atomic mass is 9.86. The van der Waals surface area contributed by atoms with Crippen molar-refractivity contribution in [3.63, 3.8) is 0 Å². The maximum Gasteiger partial charge on any atom is 0.0946 e. The Hall–Kier alpha value is -1.57. The normalized spacial score (nSPS) is 11.7. The first-order chi connectivity index (χ1) is 8.05. The van der Waals surface area contributed by atoms with Crippen molar-refractivity contribution in [3.8, 4) is 0 Å². The molecule has 90 valence electrons. The molecule has 2 heteroatoms. The fourth-order valence-electron chi connectivity index (χ4n) is 1.85. The second-order valence-electron chi connectivity index (χ2n) is 5.50. The molecule has 1 aromatic heterocycles. The van der Waals surface area contributed by atoms with Crippen molar-refractivity contribution in [2.24, 2.45) is 0 Å². The molecule has 2 rings (SSSR count). The number of hydrogen-bond acceptors (Lipinski definition) is 1. The van der Waals surface area contributed by atoms with Crippen LogP contribution in [0.2, 0.25) is 0 Å². The zero-order chi connectivity index (χ0) is 12.3. The van der Waals surface area contributed by atoms with Crippen LogP contribution >= 0.6 is 0 Å². The highest BCUT2D eigenvalue weighted by Gasteiger charge is 2.12. The molecule has 0 spiro atoms. The van der Waals surface area contributed by atoms with Crippen LogP contribution in [0.5, 0.6) is 0 Å². The van der Waals surface area contributed by atoms with Crippen LogP contribution in [0.15, 0.2) is 43.0 Å². The first-order valence-electron chi connectivity index (χ1n) is 6.11. The third-order valence-corrected chi connectivity index (χ3v) is 3.04. The van der Waals surface area contributed by atoms with E-state index in [4.69, 9.17) is 0 Å². The monoisotopic (exact) mass is 228 g/mol. The van der Waals surface area contributed by atoms with E-state index in [1.807, 2.05) is 18.7 Å². The van der Waals surface area contributed by atoms with Crippen LogP contribution in [0.4, 0.5) is 0 Å². The molecule has 0 unspecified atom stereocenters. The van der Waals surface area contributed by atoms with Gasteiger partial charge in [-0.05, 0) is 23.0 Å². The maximum atomic E-state index is 4.04. The summed E-state index contributed by atoms with van der Waals surface area (Å²) < 4.78 is 2.11. The van der Waals surface area contributed by atoms with Crippen molar-refractivity contribution >= 4 is 0 Å². The van der Waals surface area contributed by atoms with Crippen molar-refractivity contribution in [1.82, 2.24) is 9.55 Å². The van der Waals surface area contributed by atoms with Crippen LogP contribution in [0.1, 0.15) is 31.9 Å². The van der Waals surface area contributed by atoms with Gasteiger partial charge in [-0.3, -0.25) is 0 Å². The largest absolute Gasteiger partial charge is 0.337 e. The second kappa shape index (κ2) is 4.74. The topological polar surface area (TPSA) is 17.8 Å². The smallest absolute Gasteiger partial charge is 0.0946 e. The van der Waals surface area contributed by atoms with E-state index < -0.39 is 0 Å². The predicted octanol–water partition coefficient (Wildman–Crippen LogP) is 3.42. The molecule has 0 amide bonds. The molecule has 0 atom stereocenters. The van der Waals surface area contributed by atoms with Gasteiger partial charge in [-0.2, -0.15) is 0 Å². The van der Waals surface area contributed by atoms with Crippen LogP contribution in [0.25, 0.3) is 0 Å².